The first kappa shape index (κ1) is 17.1. The van der Waals surface area contributed by atoms with Crippen LogP contribution >= 0.6 is 0 Å². The minimum absolute atomic E-state index is 0.0147. The molecule has 1 saturated carbocycles. The molecule has 0 radical (unpaired) electrons. The first-order valence-corrected chi connectivity index (χ1v) is 8.58. The molecule has 2 aromatic carbocycles. The topological polar surface area (TPSA) is 91.6 Å². The summed E-state index contributed by atoms with van der Waals surface area (Å²) in [6.45, 7) is 0.289. The van der Waals surface area contributed by atoms with E-state index in [9.17, 15) is 19.8 Å². The van der Waals surface area contributed by atoms with Gasteiger partial charge in [-0.1, -0.05) is 30.3 Å². The van der Waals surface area contributed by atoms with Gasteiger partial charge >= 0.3 is 5.97 Å². The van der Waals surface area contributed by atoms with Crippen molar-refractivity contribution in [1.82, 2.24) is 4.57 Å². The molecule has 6 nitrogen and oxygen atoms in total. The maximum atomic E-state index is 15.3. The normalized spacial score (nSPS) is 13.7. The number of aromatic hydroxyl groups is 1. The summed E-state index contributed by atoms with van der Waals surface area (Å²) in [6.07, 6.45) is 2.76. The number of fused-ring (bicyclic) bond motifs is 1. The van der Waals surface area contributed by atoms with E-state index >= 15 is 4.39 Å². The second-order valence-electron chi connectivity index (χ2n) is 6.64. The van der Waals surface area contributed by atoms with Crippen molar-refractivity contribution in [3.63, 3.8) is 0 Å². The number of carbonyl (C=O) groups is 1. The van der Waals surface area contributed by atoms with Crippen molar-refractivity contribution in [2.45, 2.75) is 25.4 Å². The van der Waals surface area contributed by atoms with Crippen molar-refractivity contribution in [3.05, 3.63) is 69.8 Å². The smallest absolute Gasteiger partial charge is 0.341 e. The van der Waals surface area contributed by atoms with E-state index in [-0.39, 0.29) is 29.2 Å². The molecule has 0 spiro atoms. The second kappa shape index (κ2) is 6.42. The van der Waals surface area contributed by atoms with Gasteiger partial charge in [0.25, 0.3) is 0 Å². The summed E-state index contributed by atoms with van der Waals surface area (Å²) >= 11 is 0. The Kier molecular flexibility index (Phi) is 4.07. The first-order chi connectivity index (χ1) is 13.0. The maximum absolute atomic E-state index is 15.3. The zero-order valence-electron chi connectivity index (χ0n) is 14.3. The van der Waals surface area contributed by atoms with Crippen molar-refractivity contribution < 1.29 is 19.4 Å². The minimum Gasteiger partial charge on any atom is -0.506 e. The van der Waals surface area contributed by atoms with Crippen LogP contribution in [0.1, 0.15) is 34.8 Å². The van der Waals surface area contributed by atoms with Crippen LogP contribution in [0.25, 0.3) is 10.9 Å². The lowest BCUT2D eigenvalue weighted by Gasteiger charge is -2.16. The maximum Gasteiger partial charge on any atom is 0.341 e. The highest BCUT2D eigenvalue weighted by atomic mass is 19.1. The van der Waals surface area contributed by atoms with Crippen molar-refractivity contribution in [3.8, 4) is 5.75 Å². The van der Waals surface area contributed by atoms with Gasteiger partial charge in [0.2, 0.25) is 5.43 Å². The molecule has 138 valence electrons. The highest BCUT2D eigenvalue weighted by Gasteiger charge is 2.29. The number of carboxylic acids is 1. The van der Waals surface area contributed by atoms with Crippen LogP contribution in [0.2, 0.25) is 0 Å². The molecule has 7 heteroatoms. The zero-order chi connectivity index (χ0) is 19.1. The fourth-order valence-corrected chi connectivity index (χ4v) is 3.21. The van der Waals surface area contributed by atoms with E-state index in [0.29, 0.717) is 0 Å². The third kappa shape index (κ3) is 3.01. The van der Waals surface area contributed by atoms with Gasteiger partial charge in [-0.15, -0.1) is 0 Å². The summed E-state index contributed by atoms with van der Waals surface area (Å²) in [6, 6.07) is 10.4. The highest BCUT2D eigenvalue weighted by molar-refractivity contribution is 5.94. The fourth-order valence-electron chi connectivity index (χ4n) is 3.21. The molecule has 1 aliphatic rings. The lowest BCUT2D eigenvalue weighted by Crippen LogP contribution is -2.19. The van der Waals surface area contributed by atoms with E-state index in [0.717, 1.165) is 24.5 Å². The van der Waals surface area contributed by atoms with Crippen molar-refractivity contribution in [2.24, 2.45) is 0 Å². The summed E-state index contributed by atoms with van der Waals surface area (Å²) < 4.78 is 16.8. The number of pyridine rings is 1. The van der Waals surface area contributed by atoms with Crippen LogP contribution in [0.4, 0.5) is 10.1 Å². The Morgan fingerprint density at radius 3 is 2.59 bits per heavy atom. The Hall–Kier alpha value is -3.35. The van der Waals surface area contributed by atoms with E-state index in [1.54, 1.807) is 0 Å². The van der Waals surface area contributed by atoms with Gasteiger partial charge in [0.15, 0.2) is 5.82 Å². The van der Waals surface area contributed by atoms with Crippen molar-refractivity contribution >= 4 is 22.6 Å². The van der Waals surface area contributed by atoms with Crippen molar-refractivity contribution in [2.75, 3.05) is 5.32 Å². The molecule has 3 aromatic rings. The van der Waals surface area contributed by atoms with Gasteiger partial charge in [0.1, 0.15) is 17.0 Å². The van der Waals surface area contributed by atoms with Gasteiger partial charge in [-0.3, -0.25) is 4.79 Å². The number of phenols is 1. The van der Waals surface area contributed by atoms with E-state index in [1.807, 2.05) is 30.3 Å². The third-order valence-corrected chi connectivity index (χ3v) is 4.72. The van der Waals surface area contributed by atoms with Crippen molar-refractivity contribution in [1.29, 1.82) is 0 Å². The van der Waals surface area contributed by atoms with Crippen LogP contribution in [0, 0.1) is 5.82 Å². The predicted molar refractivity (Wildman–Crippen MR) is 98.8 cm³/mol. The number of aromatic carboxylic acids is 1. The molecule has 0 bridgehead atoms. The molecule has 3 N–H and O–H groups in total. The Bertz CT molecular complexity index is 1100. The SMILES string of the molecule is O=C(O)c1cn(C2CC2)c2c(F)c(NCc3ccccc3)c(O)cc2c1=O. The van der Waals surface area contributed by atoms with E-state index < -0.39 is 28.5 Å². The average molecular weight is 368 g/mol. The summed E-state index contributed by atoms with van der Waals surface area (Å²) in [7, 11) is 0. The summed E-state index contributed by atoms with van der Waals surface area (Å²) in [5.74, 6) is -2.57. The molecular weight excluding hydrogens is 351 g/mol. The summed E-state index contributed by atoms with van der Waals surface area (Å²) in [4.78, 5) is 23.8. The summed E-state index contributed by atoms with van der Waals surface area (Å²) in [5, 5.41) is 22.3. The number of nitrogens with zero attached hydrogens (tertiary/aromatic N) is 1. The van der Waals surface area contributed by atoms with Crippen LogP contribution in [-0.4, -0.2) is 20.7 Å². The van der Waals surface area contributed by atoms with Gasteiger partial charge in [-0.25, -0.2) is 9.18 Å². The molecule has 1 heterocycles. The van der Waals surface area contributed by atoms with Gasteiger partial charge in [-0.05, 0) is 24.5 Å². The van der Waals surface area contributed by atoms with Gasteiger partial charge in [0.05, 0.1) is 10.9 Å². The Morgan fingerprint density at radius 1 is 1.26 bits per heavy atom. The number of hydrogen-bond acceptors (Lipinski definition) is 4. The Morgan fingerprint density at radius 2 is 1.96 bits per heavy atom. The molecular formula is C20H17FN2O4. The average Bonchev–Trinajstić information content (AvgIpc) is 3.48. The van der Waals surface area contributed by atoms with E-state index in [1.165, 1.54) is 10.8 Å². The number of benzene rings is 2. The largest absolute Gasteiger partial charge is 0.506 e. The lowest BCUT2D eigenvalue weighted by atomic mass is 10.1. The van der Waals surface area contributed by atoms with Crippen LogP contribution < -0.4 is 10.7 Å². The monoisotopic (exact) mass is 368 g/mol. The predicted octanol–water partition coefficient (Wildman–Crippen LogP) is 3.49. The number of halogens is 1. The molecule has 0 aliphatic heterocycles. The number of carboxylic acid groups (broad SMARTS) is 1. The number of hydrogen-bond donors (Lipinski definition) is 3. The van der Waals surface area contributed by atoms with Crippen LogP contribution in [0.3, 0.4) is 0 Å². The molecule has 0 saturated heterocycles. The Balaban J connectivity index is 1.87. The quantitative estimate of drug-likeness (QED) is 0.600. The molecule has 27 heavy (non-hydrogen) atoms. The van der Waals surface area contributed by atoms with Gasteiger partial charge < -0.3 is 20.1 Å². The molecule has 1 fully saturated rings. The number of anilines is 1. The van der Waals surface area contributed by atoms with E-state index in [4.69, 9.17) is 0 Å². The van der Waals surface area contributed by atoms with Crippen LogP contribution in [-0.2, 0) is 6.54 Å². The van der Waals surface area contributed by atoms with Gasteiger partial charge in [-0.2, -0.15) is 0 Å². The minimum atomic E-state index is -1.37. The molecule has 0 unspecified atom stereocenters. The lowest BCUT2D eigenvalue weighted by molar-refractivity contribution is 0.0695. The third-order valence-electron chi connectivity index (χ3n) is 4.72. The molecule has 0 atom stereocenters. The fraction of sp³-hybridized carbons (Fsp3) is 0.200. The number of aromatic nitrogens is 1. The second-order valence-corrected chi connectivity index (χ2v) is 6.64. The van der Waals surface area contributed by atoms with Crippen LogP contribution in [0.5, 0.6) is 5.75 Å². The number of rotatable bonds is 5. The number of nitrogens with one attached hydrogen (secondary N) is 1. The van der Waals surface area contributed by atoms with E-state index in [2.05, 4.69) is 5.32 Å². The highest BCUT2D eigenvalue weighted by Crippen LogP contribution is 2.40. The summed E-state index contributed by atoms with van der Waals surface area (Å²) in [5.41, 5.74) is -0.433. The standard InChI is InChI=1S/C20H17FN2O4/c21-16-17(22-9-11-4-2-1-3-5-11)15(24)8-13-18(16)23(12-6-7-12)10-14(19(13)25)20(26)27/h1-5,8,10,12,22,24H,6-7,9H2,(H,26,27). The molecule has 1 aliphatic carbocycles. The molecule has 4 rings (SSSR count). The zero-order valence-corrected chi connectivity index (χ0v) is 14.3. The molecule has 0 amide bonds. The van der Waals surface area contributed by atoms with Gasteiger partial charge in [0, 0.05) is 18.8 Å². The Labute approximate surface area is 153 Å². The molecule has 1 aromatic heterocycles. The first-order valence-electron chi connectivity index (χ1n) is 8.58. The van der Waals surface area contributed by atoms with Crippen LogP contribution in [0.15, 0.2) is 47.4 Å². The number of phenolic OH excluding ortho intramolecular Hbond substituents is 1.